The molecule has 3 heteroatoms. The molecule has 0 aromatic heterocycles. The van der Waals surface area contributed by atoms with Crippen molar-refractivity contribution in [3.8, 4) is 0 Å². The van der Waals surface area contributed by atoms with Crippen LogP contribution in [0.3, 0.4) is 0 Å². The Kier molecular flexibility index (Phi) is 6.21. The molecule has 0 aliphatic rings. The molecule has 0 rings (SSSR count). The van der Waals surface area contributed by atoms with Crippen molar-refractivity contribution in [2.45, 2.75) is 45.6 Å². The second-order valence-corrected chi connectivity index (χ2v) is 4.08. The van der Waals surface area contributed by atoms with Gasteiger partial charge in [0.25, 0.3) is 0 Å². The summed E-state index contributed by atoms with van der Waals surface area (Å²) < 4.78 is 0. The van der Waals surface area contributed by atoms with Crippen LogP contribution in [0.15, 0.2) is 12.2 Å². The van der Waals surface area contributed by atoms with Crippen molar-refractivity contribution in [3.05, 3.63) is 12.2 Å². The van der Waals surface area contributed by atoms with E-state index >= 15 is 0 Å². The summed E-state index contributed by atoms with van der Waals surface area (Å²) in [7, 11) is 0. The SMILES string of the molecule is C=C(CCCC(O)CC(C)C)C(=O)O. The minimum Gasteiger partial charge on any atom is -0.478 e. The van der Waals surface area contributed by atoms with Crippen molar-refractivity contribution in [3.63, 3.8) is 0 Å². The summed E-state index contributed by atoms with van der Waals surface area (Å²) in [5.74, 6) is -0.462. The fraction of sp³-hybridized carbons (Fsp3) is 0.727. The van der Waals surface area contributed by atoms with Crippen LogP contribution in [0.2, 0.25) is 0 Å². The lowest BCUT2D eigenvalue weighted by atomic mass is 10.0. The molecule has 0 saturated heterocycles. The molecule has 0 aliphatic heterocycles. The van der Waals surface area contributed by atoms with Crippen LogP contribution >= 0.6 is 0 Å². The number of hydrogen-bond acceptors (Lipinski definition) is 2. The van der Waals surface area contributed by atoms with Crippen LogP contribution in [0, 0.1) is 5.92 Å². The fourth-order valence-electron chi connectivity index (χ4n) is 1.32. The minimum absolute atomic E-state index is 0.224. The third-order valence-electron chi connectivity index (χ3n) is 2.06. The van der Waals surface area contributed by atoms with Crippen molar-refractivity contribution < 1.29 is 15.0 Å². The van der Waals surface area contributed by atoms with Gasteiger partial charge in [0.1, 0.15) is 0 Å². The Hall–Kier alpha value is -0.830. The number of carboxylic acid groups (broad SMARTS) is 1. The zero-order valence-corrected chi connectivity index (χ0v) is 8.99. The third-order valence-corrected chi connectivity index (χ3v) is 2.06. The van der Waals surface area contributed by atoms with Crippen LogP contribution in [0.5, 0.6) is 0 Å². The van der Waals surface area contributed by atoms with Crippen molar-refractivity contribution in [2.75, 3.05) is 0 Å². The van der Waals surface area contributed by atoms with Gasteiger partial charge in [-0.25, -0.2) is 4.79 Å². The molecule has 1 atom stereocenters. The summed E-state index contributed by atoms with van der Waals surface area (Å²) in [6.07, 6.45) is 2.28. The van der Waals surface area contributed by atoms with Gasteiger partial charge in [-0.05, 0) is 31.6 Å². The highest BCUT2D eigenvalue weighted by Crippen LogP contribution is 2.13. The van der Waals surface area contributed by atoms with Crippen molar-refractivity contribution in [2.24, 2.45) is 5.92 Å². The van der Waals surface area contributed by atoms with Gasteiger partial charge in [0.15, 0.2) is 0 Å². The first-order valence-corrected chi connectivity index (χ1v) is 5.02. The molecule has 0 heterocycles. The van der Waals surface area contributed by atoms with Gasteiger partial charge in [-0.1, -0.05) is 20.4 Å². The van der Waals surface area contributed by atoms with E-state index in [1.807, 2.05) is 0 Å². The standard InChI is InChI=1S/C11H20O3/c1-8(2)7-10(12)6-4-5-9(3)11(13)14/h8,10,12H,3-7H2,1-2H3,(H,13,14). The normalized spacial score (nSPS) is 12.9. The minimum atomic E-state index is -0.941. The quantitative estimate of drug-likeness (QED) is 0.619. The molecule has 0 radical (unpaired) electrons. The second-order valence-electron chi connectivity index (χ2n) is 4.08. The maximum Gasteiger partial charge on any atom is 0.330 e. The van der Waals surface area contributed by atoms with Crippen LogP contribution in [0.4, 0.5) is 0 Å². The molecule has 14 heavy (non-hydrogen) atoms. The topological polar surface area (TPSA) is 57.5 Å². The summed E-state index contributed by atoms with van der Waals surface area (Å²) in [5.41, 5.74) is 0.224. The summed E-state index contributed by atoms with van der Waals surface area (Å²) in [6, 6.07) is 0. The van der Waals surface area contributed by atoms with Gasteiger partial charge in [-0.2, -0.15) is 0 Å². The van der Waals surface area contributed by atoms with Gasteiger partial charge in [0.05, 0.1) is 6.10 Å². The fourth-order valence-corrected chi connectivity index (χ4v) is 1.32. The maximum absolute atomic E-state index is 10.4. The highest BCUT2D eigenvalue weighted by Gasteiger charge is 2.08. The summed E-state index contributed by atoms with van der Waals surface area (Å²) in [5, 5.41) is 18.0. The van der Waals surface area contributed by atoms with Crippen LogP contribution < -0.4 is 0 Å². The van der Waals surface area contributed by atoms with E-state index < -0.39 is 5.97 Å². The molecule has 0 aliphatic carbocycles. The Balaban J connectivity index is 3.54. The summed E-state index contributed by atoms with van der Waals surface area (Å²) in [4.78, 5) is 10.4. The van der Waals surface area contributed by atoms with E-state index in [9.17, 15) is 9.90 Å². The van der Waals surface area contributed by atoms with Crippen molar-refractivity contribution in [1.29, 1.82) is 0 Å². The van der Waals surface area contributed by atoms with E-state index in [4.69, 9.17) is 5.11 Å². The van der Waals surface area contributed by atoms with E-state index in [-0.39, 0.29) is 11.7 Å². The molecular weight excluding hydrogens is 180 g/mol. The Morgan fingerprint density at radius 1 is 1.43 bits per heavy atom. The Bertz CT molecular complexity index is 197. The third kappa shape index (κ3) is 6.66. The molecule has 0 amide bonds. The van der Waals surface area contributed by atoms with Gasteiger partial charge in [0, 0.05) is 5.57 Å². The summed E-state index contributed by atoms with van der Waals surface area (Å²) >= 11 is 0. The van der Waals surface area contributed by atoms with E-state index in [1.54, 1.807) is 0 Å². The van der Waals surface area contributed by atoms with Crippen LogP contribution in [0.1, 0.15) is 39.5 Å². The van der Waals surface area contributed by atoms with E-state index in [2.05, 4.69) is 20.4 Å². The lowest BCUT2D eigenvalue weighted by Crippen LogP contribution is -2.10. The Labute approximate surface area is 85.4 Å². The second kappa shape index (κ2) is 6.60. The lowest BCUT2D eigenvalue weighted by Gasteiger charge is -2.12. The number of hydrogen-bond donors (Lipinski definition) is 2. The molecular formula is C11H20O3. The Morgan fingerprint density at radius 2 is 2.00 bits per heavy atom. The number of aliphatic carboxylic acids is 1. The molecule has 0 aromatic rings. The maximum atomic E-state index is 10.4. The molecule has 0 spiro atoms. The van der Waals surface area contributed by atoms with Crippen molar-refractivity contribution in [1.82, 2.24) is 0 Å². The molecule has 0 aromatic carbocycles. The molecule has 0 saturated carbocycles. The number of carboxylic acids is 1. The molecule has 82 valence electrons. The molecule has 1 unspecified atom stereocenters. The molecule has 0 fully saturated rings. The molecule has 2 N–H and O–H groups in total. The predicted octanol–water partition coefficient (Wildman–Crippen LogP) is 2.20. The zero-order valence-electron chi connectivity index (χ0n) is 8.99. The van der Waals surface area contributed by atoms with E-state index in [0.717, 1.165) is 6.42 Å². The number of carbonyl (C=O) groups is 1. The van der Waals surface area contributed by atoms with Crippen molar-refractivity contribution >= 4 is 5.97 Å². The van der Waals surface area contributed by atoms with Gasteiger partial charge < -0.3 is 10.2 Å². The van der Waals surface area contributed by atoms with Crippen LogP contribution in [0.25, 0.3) is 0 Å². The highest BCUT2D eigenvalue weighted by molar-refractivity contribution is 5.85. The number of rotatable bonds is 7. The first-order chi connectivity index (χ1) is 6.43. The van der Waals surface area contributed by atoms with Gasteiger partial charge in [0.2, 0.25) is 0 Å². The Morgan fingerprint density at radius 3 is 2.43 bits per heavy atom. The lowest BCUT2D eigenvalue weighted by molar-refractivity contribution is -0.132. The zero-order chi connectivity index (χ0) is 11.1. The number of aliphatic hydroxyl groups is 1. The summed E-state index contributed by atoms with van der Waals surface area (Å²) in [6.45, 7) is 7.54. The first kappa shape index (κ1) is 13.2. The number of aliphatic hydroxyl groups excluding tert-OH is 1. The first-order valence-electron chi connectivity index (χ1n) is 5.02. The van der Waals surface area contributed by atoms with Crippen LogP contribution in [-0.2, 0) is 4.79 Å². The van der Waals surface area contributed by atoms with Gasteiger partial charge in [-0.15, -0.1) is 0 Å². The monoisotopic (exact) mass is 200 g/mol. The average Bonchev–Trinajstić information content (AvgIpc) is 2.02. The average molecular weight is 200 g/mol. The molecule has 3 nitrogen and oxygen atoms in total. The van der Waals surface area contributed by atoms with E-state index in [1.165, 1.54) is 0 Å². The van der Waals surface area contributed by atoms with Gasteiger partial charge in [-0.3, -0.25) is 0 Å². The molecule has 0 bridgehead atoms. The van der Waals surface area contributed by atoms with Crippen LogP contribution in [-0.4, -0.2) is 22.3 Å². The highest BCUT2D eigenvalue weighted by atomic mass is 16.4. The predicted molar refractivity (Wildman–Crippen MR) is 56.1 cm³/mol. The van der Waals surface area contributed by atoms with E-state index in [0.29, 0.717) is 25.2 Å². The largest absolute Gasteiger partial charge is 0.478 e. The smallest absolute Gasteiger partial charge is 0.330 e. The van der Waals surface area contributed by atoms with Gasteiger partial charge >= 0.3 is 5.97 Å².